The highest BCUT2D eigenvalue weighted by molar-refractivity contribution is 5.67. The van der Waals surface area contributed by atoms with Crippen molar-refractivity contribution in [3.8, 4) is 0 Å². The molecule has 0 atom stereocenters. The van der Waals surface area contributed by atoms with E-state index >= 15 is 0 Å². The first-order valence-electron chi connectivity index (χ1n) is 5.62. The predicted molar refractivity (Wildman–Crippen MR) is 61.1 cm³/mol. The van der Waals surface area contributed by atoms with Gasteiger partial charge in [0, 0.05) is 6.92 Å². The Hall–Kier alpha value is -1.99. The van der Waals surface area contributed by atoms with Crippen LogP contribution in [-0.2, 0) is 22.1 Å². The van der Waals surface area contributed by atoms with Crippen molar-refractivity contribution in [3.05, 3.63) is 47.2 Å². The molecule has 0 bridgehead atoms. The lowest BCUT2D eigenvalue weighted by Crippen LogP contribution is -2.17. The molecule has 0 fully saturated rings. The molecule has 8 heteroatoms. The van der Waals surface area contributed by atoms with E-state index < -0.39 is 29.6 Å². The first-order valence-corrected chi connectivity index (χ1v) is 5.62. The molecule has 0 aromatic heterocycles. The van der Waals surface area contributed by atoms with Crippen molar-refractivity contribution in [3.63, 3.8) is 0 Å². The Morgan fingerprint density at radius 2 is 1.62 bits per heavy atom. The lowest BCUT2D eigenvalue weighted by Gasteiger charge is -2.11. The molecule has 0 aliphatic rings. The molecule has 0 spiro atoms. The average Bonchev–Trinajstić information content (AvgIpc) is 2.32. The van der Waals surface area contributed by atoms with Gasteiger partial charge < -0.3 is 4.74 Å². The van der Waals surface area contributed by atoms with Crippen molar-refractivity contribution < 1.29 is 35.9 Å². The van der Waals surface area contributed by atoms with E-state index in [4.69, 9.17) is 0 Å². The van der Waals surface area contributed by atoms with Crippen LogP contribution in [0.4, 0.5) is 26.3 Å². The zero-order chi connectivity index (χ0) is 16.3. The lowest BCUT2D eigenvalue weighted by atomic mass is 10.1. The number of hydrogen-bond donors (Lipinski definition) is 0. The summed E-state index contributed by atoms with van der Waals surface area (Å²) < 4.78 is 78.5. The second kappa shape index (κ2) is 6.19. The normalized spacial score (nSPS) is 13.2. The largest absolute Gasteiger partial charge is 0.449 e. The maximum atomic E-state index is 12.5. The van der Waals surface area contributed by atoms with E-state index in [1.807, 2.05) is 0 Å². The molecule has 0 unspecified atom stereocenters. The van der Waals surface area contributed by atoms with Gasteiger partial charge in [0.25, 0.3) is 0 Å². The summed E-state index contributed by atoms with van der Waals surface area (Å²) in [6, 6.07) is 3.65. The smallest absolute Gasteiger partial charge is 0.422 e. The molecule has 1 aromatic carbocycles. The minimum absolute atomic E-state index is 0.219. The number of benzene rings is 1. The van der Waals surface area contributed by atoms with Gasteiger partial charge in [-0.25, -0.2) is 0 Å². The predicted octanol–water partition coefficient (Wildman–Crippen LogP) is 4.26. The van der Waals surface area contributed by atoms with Gasteiger partial charge >= 0.3 is 18.3 Å². The summed E-state index contributed by atoms with van der Waals surface area (Å²) in [6.45, 7) is 0.817. The van der Waals surface area contributed by atoms with Crippen LogP contribution in [0, 0.1) is 0 Å². The van der Waals surface area contributed by atoms with Crippen LogP contribution in [0.2, 0.25) is 0 Å². The molecule has 0 heterocycles. The highest BCUT2D eigenvalue weighted by atomic mass is 19.4. The number of alkyl halides is 6. The number of carbonyl (C=O) groups excluding carboxylic acids is 1. The monoisotopic (exact) mass is 312 g/mol. The summed E-state index contributed by atoms with van der Waals surface area (Å²) in [5.74, 6) is -2.62. The van der Waals surface area contributed by atoms with E-state index in [-0.39, 0.29) is 12.0 Å². The first-order chi connectivity index (χ1) is 9.50. The molecule has 1 aromatic rings. The SMILES string of the molecule is CC(=O)OC(=CCc1ccc(C(F)(F)F)cc1)C(F)(F)F. The van der Waals surface area contributed by atoms with Gasteiger partial charge in [0.1, 0.15) is 0 Å². The quantitative estimate of drug-likeness (QED) is 0.474. The van der Waals surface area contributed by atoms with Crippen molar-refractivity contribution in [2.24, 2.45) is 0 Å². The molecule has 0 saturated carbocycles. The molecule has 21 heavy (non-hydrogen) atoms. The molecule has 0 aliphatic carbocycles. The highest BCUT2D eigenvalue weighted by Crippen LogP contribution is 2.30. The van der Waals surface area contributed by atoms with E-state index in [0.29, 0.717) is 6.08 Å². The van der Waals surface area contributed by atoms with Crippen LogP contribution in [-0.4, -0.2) is 12.1 Å². The van der Waals surface area contributed by atoms with Crippen LogP contribution in [0.1, 0.15) is 18.1 Å². The number of allylic oxidation sites excluding steroid dienone is 2. The molecule has 116 valence electrons. The summed E-state index contributed by atoms with van der Waals surface area (Å²) in [5, 5.41) is 0. The Morgan fingerprint density at radius 1 is 1.10 bits per heavy atom. The van der Waals surface area contributed by atoms with E-state index in [0.717, 1.165) is 31.2 Å². The molecule has 1 rings (SSSR count). The molecule has 0 aliphatic heterocycles. The summed E-state index contributed by atoms with van der Waals surface area (Å²) in [5.41, 5.74) is -0.678. The van der Waals surface area contributed by atoms with Gasteiger partial charge in [-0.05, 0) is 30.2 Å². The maximum absolute atomic E-state index is 12.5. The lowest BCUT2D eigenvalue weighted by molar-refractivity contribution is -0.158. The van der Waals surface area contributed by atoms with E-state index in [1.165, 1.54) is 0 Å². The van der Waals surface area contributed by atoms with E-state index in [2.05, 4.69) is 4.74 Å². The number of halogens is 6. The summed E-state index contributed by atoms with van der Waals surface area (Å²) >= 11 is 0. The van der Waals surface area contributed by atoms with Crippen LogP contribution >= 0.6 is 0 Å². The molecular formula is C13H10F6O2. The van der Waals surface area contributed by atoms with Gasteiger partial charge in [-0.3, -0.25) is 4.79 Å². The topological polar surface area (TPSA) is 26.3 Å². The van der Waals surface area contributed by atoms with Crippen LogP contribution in [0.5, 0.6) is 0 Å². The van der Waals surface area contributed by atoms with Gasteiger partial charge in [-0.1, -0.05) is 12.1 Å². The molecule has 0 radical (unpaired) electrons. The van der Waals surface area contributed by atoms with Crippen molar-refractivity contribution in [1.82, 2.24) is 0 Å². The van der Waals surface area contributed by atoms with Gasteiger partial charge in [0.05, 0.1) is 5.56 Å². The molecule has 0 N–H and O–H groups in total. The van der Waals surface area contributed by atoms with Crippen LogP contribution < -0.4 is 0 Å². The standard InChI is InChI=1S/C13H10F6O2/c1-8(20)21-11(13(17,18)19)7-4-9-2-5-10(6-3-9)12(14,15)16/h2-3,5-7H,4H2,1H3. The number of hydrogen-bond acceptors (Lipinski definition) is 2. The third-order valence-electron chi connectivity index (χ3n) is 2.34. The molecule has 0 amide bonds. The Balaban J connectivity index is 2.88. The van der Waals surface area contributed by atoms with Crippen molar-refractivity contribution in [1.29, 1.82) is 0 Å². The average molecular weight is 312 g/mol. The van der Waals surface area contributed by atoms with Crippen LogP contribution in [0.15, 0.2) is 36.1 Å². The van der Waals surface area contributed by atoms with Gasteiger partial charge in [-0.2, -0.15) is 26.3 Å². The van der Waals surface area contributed by atoms with Crippen molar-refractivity contribution in [2.75, 3.05) is 0 Å². The fourth-order valence-corrected chi connectivity index (χ4v) is 1.41. The maximum Gasteiger partial charge on any atom is 0.449 e. The Labute approximate surface area is 116 Å². The fraction of sp³-hybridized carbons (Fsp3) is 0.308. The summed E-state index contributed by atoms with van der Waals surface area (Å²) in [6.07, 6.45) is -9.08. The molecule has 2 nitrogen and oxygen atoms in total. The van der Waals surface area contributed by atoms with Crippen LogP contribution in [0.25, 0.3) is 0 Å². The van der Waals surface area contributed by atoms with Crippen LogP contribution in [0.3, 0.4) is 0 Å². The fourth-order valence-electron chi connectivity index (χ4n) is 1.41. The molecule has 0 saturated heterocycles. The summed E-state index contributed by atoms with van der Waals surface area (Å²) in [4.78, 5) is 10.6. The zero-order valence-electron chi connectivity index (χ0n) is 10.7. The number of esters is 1. The zero-order valence-corrected chi connectivity index (χ0v) is 10.7. The Kier molecular flexibility index (Phi) is 5.03. The third kappa shape index (κ3) is 5.49. The third-order valence-corrected chi connectivity index (χ3v) is 2.34. The van der Waals surface area contributed by atoms with Crippen molar-refractivity contribution in [2.45, 2.75) is 25.7 Å². The number of ether oxygens (including phenoxy) is 1. The van der Waals surface area contributed by atoms with Gasteiger partial charge in [0.2, 0.25) is 5.76 Å². The highest BCUT2D eigenvalue weighted by Gasteiger charge is 2.36. The molecular weight excluding hydrogens is 302 g/mol. The van der Waals surface area contributed by atoms with Gasteiger partial charge in [-0.15, -0.1) is 0 Å². The Bertz CT molecular complexity index is 525. The van der Waals surface area contributed by atoms with Gasteiger partial charge in [0.15, 0.2) is 0 Å². The van der Waals surface area contributed by atoms with Crippen molar-refractivity contribution >= 4 is 5.97 Å². The first kappa shape index (κ1) is 17.1. The number of rotatable bonds is 3. The van der Waals surface area contributed by atoms with E-state index in [9.17, 15) is 31.1 Å². The summed E-state index contributed by atoms with van der Waals surface area (Å²) in [7, 11) is 0. The minimum atomic E-state index is -4.85. The second-order valence-corrected chi connectivity index (χ2v) is 4.06. The Morgan fingerprint density at radius 3 is 2.00 bits per heavy atom. The second-order valence-electron chi connectivity index (χ2n) is 4.06. The van der Waals surface area contributed by atoms with E-state index in [1.54, 1.807) is 0 Å². The number of carbonyl (C=O) groups is 1. The minimum Gasteiger partial charge on any atom is -0.422 e.